The van der Waals surface area contributed by atoms with Crippen LogP contribution in [0.15, 0.2) is 115 Å². The Morgan fingerprint density at radius 2 is 1.47 bits per heavy atom. The summed E-state index contributed by atoms with van der Waals surface area (Å²) in [6, 6.07) is 45.0. The Kier molecular flexibility index (Phi) is 7.21. The maximum absolute atomic E-state index is 6.51. The van der Waals surface area contributed by atoms with Crippen molar-refractivity contribution >= 4 is 32.8 Å². The van der Waals surface area contributed by atoms with E-state index in [0.29, 0.717) is 11.5 Å². The predicted molar refractivity (Wildman–Crippen MR) is 191 cm³/mol. The van der Waals surface area contributed by atoms with Crippen LogP contribution in [0, 0.1) is 18.5 Å². The van der Waals surface area contributed by atoms with Gasteiger partial charge in [0.1, 0.15) is 5.82 Å². The monoisotopic (exact) mass is 817 g/mol. The van der Waals surface area contributed by atoms with Crippen LogP contribution in [0.1, 0.15) is 51.3 Å². The Balaban J connectivity index is 0.00000348. The third-order valence-electron chi connectivity index (χ3n) is 9.78. The predicted octanol–water partition coefficient (Wildman–Crippen LogP) is 9.53. The first-order valence-corrected chi connectivity index (χ1v) is 16.4. The number of aromatic nitrogens is 4. The number of fused-ring (bicyclic) bond motifs is 5. The fourth-order valence-corrected chi connectivity index (χ4v) is 7.28. The van der Waals surface area contributed by atoms with Crippen molar-refractivity contribution in [1.29, 1.82) is 0 Å². The third-order valence-corrected chi connectivity index (χ3v) is 9.78. The molecule has 0 saturated heterocycles. The number of rotatable bonds is 4. The average molecular weight is 818 g/mol. The first-order valence-electron chi connectivity index (χ1n) is 16.4. The molecular formula is C43H34N4OPt-2. The Morgan fingerprint density at radius 3 is 2.33 bits per heavy atom. The second-order valence-corrected chi connectivity index (χ2v) is 14.2. The molecule has 244 valence electrons. The van der Waals surface area contributed by atoms with Gasteiger partial charge in [-0.15, -0.1) is 29.7 Å². The van der Waals surface area contributed by atoms with Gasteiger partial charge in [-0.05, 0) is 57.4 Å². The number of para-hydroxylation sites is 3. The van der Waals surface area contributed by atoms with E-state index >= 15 is 0 Å². The number of pyridine rings is 1. The Labute approximate surface area is 300 Å². The number of nitrogens with zero attached hydrogens (tertiary/aromatic N) is 4. The van der Waals surface area contributed by atoms with Crippen LogP contribution in [0.5, 0.6) is 11.5 Å². The van der Waals surface area contributed by atoms with E-state index in [1.54, 1.807) is 0 Å². The average Bonchev–Trinajstić information content (AvgIpc) is 3.64. The second-order valence-electron chi connectivity index (χ2n) is 14.2. The summed E-state index contributed by atoms with van der Waals surface area (Å²) >= 11 is 0. The minimum atomic E-state index is -0.134. The molecule has 1 aliphatic rings. The largest absolute Gasteiger partial charge is 0.510 e. The summed E-state index contributed by atoms with van der Waals surface area (Å²) in [5, 5.41) is 2.25. The minimum absolute atomic E-state index is 0. The van der Waals surface area contributed by atoms with E-state index in [0.717, 1.165) is 50.0 Å². The molecule has 1 aliphatic heterocycles. The van der Waals surface area contributed by atoms with Gasteiger partial charge in [0, 0.05) is 49.7 Å². The Bertz CT molecular complexity index is 2570. The first kappa shape index (κ1) is 31.3. The molecule has 8 aromatic rings. The molecule has 4 heterocycles. The van der Waals surface area contributed by atoms with Crippen LogP contribution in [-0.4, -0.2) is 14.1 Å². The van der Waals surface area contributed by atoms with Gasteiger partial charge in [0.15, 0.2) is 0 Å². The fraction of sp³-hybridized carbons (Fsp3) is 0.163. The van der Waals surface area contributed by atoms with Crippen molar-refractivity contribution in [3.05, 3.63) is 151 Å². The molecule has 0 atom stereocenters. The molecule has 9 rings (SSSR count). The van der Waals surface area contributed by atoms with Crippen LogP contribution in [0.3, 0.4) is 0 Å². The van der Waals surface area contributed by atoms with Gasteiger partial charge in [-0.25, -0.2) is 4.98 Å². The van der Waals surface area contributed by atoms with Gasteiger partial charge in [0.05, 0.1) is 16.7 Å². The minimum Gasteiger partial charge on any atom is -0.510 e. The summed E-state index contributed by atoms with van der Waals surface area (Å²) in [6.07, 6.45) is 5.54. The third kappa shape index (κ3) is 4.86. The molecule has 0 unspecified atom stereocenters. The van der Waals surface area contributed by atoms with Gasteiger partial charge in [-0.3, -0.25) is 4.57 Å². The quantitative estimate of drug-likeness (QED) is 0.131. The molecular weight excluding hydrogens is 784 g/mol. The molecule has 0 fully saturated rings. The van der Waals surface area contributed by atoms with Crippen molar-refractivity contribution in [2.24, 2.45) is 0 Å². The molecule has 5 nitrogen and oxygen atoms in total. The van der Waals surface area contributed by atoms with E-state index in [1.807, 2.05) is 30.5 Å². The van der Waals surface area contributed by atoms with Crippen LogP contribution in [0.25, 0.3) is 50.0 Å². The Morgan fingerprint density at radius 1 is 0.735 bits per heavy atom. The van der Waals surface area contributed by atoms with Crippen LogP contribution in [0.2, 0.25) is 0 Å². The van der Waals surface area contributed by atoms with Crippen LogP contribution in [0.4, 0.5) is 0 Å². The second kappa shape index (κ2) is 11.3. The first-order chi connectivity index (χ1) is 23.2. The van der Waals surface area contributed by atoms with Gasteiger partial charge in [0.25, 0.3) is 6.33 Å². The van der Waals surface area contributed by atoms with E-state index in [1.165, 1.54) is 16.7 Å². The zero-order valence-corrected chi connectivity index (χ0v) is 30.3. The summed E-state index contributed by atoms with van der Waals surface area (Å²) in [5.74, 6) is 2.08. The van der Waals surface area contributed by atoms with Crippen molar-refractivity contribution in [2.45, 2.75) is 45.4 Å². The molecule has 5 aromatic carbocycles. The number of imidazole rings is 1. The van der Waals surface area contributed by atoms with E-state index in [-0.39, 0.29) is 31.9 Å². The topological polar surface area (TPSA) is 35.9 Å². The molecule has 3 aromatic heterocycles. The number of ether oxygens (including phenoxy) is 1. The van der Waals surface area contributed by atoms with Crippen LogP contribution >= 0.6 is 0 Å². The van der Waals surface area contributed by atoms with Crippen LogP contribution in [-0.2, 0) is 31.9 Å². The molecule has 0 bridgehead atoms. The molecule has 0 amide bonds. The van der Waals surface area contributed by atoms with Gasteiger partial charge in [-0.1, -0.05) is 94.7 Å². The van der Waals surface area contributed by atoms with Crippen LogP contribution < -0.4 is 9.30 Å². The van der Waals surface area contributed by atoms with Crippen molar-refractivity contribution in [2.75, 3.05) is 0 Å². The SMILES string of the molecule is CC(C)(C)c1ccnc(-n2c3[c-]c(Oc4[c-]c(-n5[c-][n+]6c7c(cccc75)C(C)(C)c5ccccc5-6)ccc4)ccc3c3ccccc32)c1.[Pt]. The van der Waals surface area contributed by atoms with Gasteiger partial charge < -0.3 is 13.9 Å². The molecule has 0 radical (unpaired) electrons. The molecule has 49 heavy (non-hydrogen) atoms. The van der Waals surface area contributed by atoms with Gasteiger partial charge in [-0.2, -0.15) is 18.2 Å². The van der Waals surface area contributed by atoms with Crippen molar-refractivity contribution < 1.29 is 30.4 Å². The fourth-order valence-electron chi connectivity index (χ4n) is 7.28. The molecule has 0 spiro atoms. The van der Waals surface area contributed by atoms with E-state index < -0.39 is 0 Å². The summed E-state index contributed by atoms with van der Waals surface area (Å²) in [4.78, 5) is 4.81. The zero-order chi connectivity index (χ0) is 32.8. The zero-order valence-electron chi connectivity index (χ0n) is 28.0. The van der Waals surface area contributed by atoms with Crippen molar-refractivity contribution in [3.63, 3.8) is 0 Å². The summed E-state index contributed by atoms with van der Waals surface area (Å²) in [5.41, 5.74) is 9.89. The van der Waals surface area contributed by atoms with E-state index in [2.05, 4.69) is 152 Å². The standard InChI is InChI=1S/C43H34N4O.Pt/c1-42(2,3)28-22-23-44-40(24-28)47-36-17-8-6-14-32(36)33-21-20-31(26-39(33)47)48-30-13-10-12-29(25-30)45-27-46-37-18-9-7-15-34(37)43(4,5)35-16-11-19-38(45)41(35)46;/h6-24H,1-5H3;/q-2;. The normalized spacial score (nSPS) is 13.4. The van der Waals surface area contributed by atoms with Gasteiger partial charge >= 0.3 is 0 Å². The number of hydrogen-bond acceptors (Lipinski definition) is 2. The summed E-state index contributed by atoms with van der Waals surface area (Å²) in [7, 11) is 0. The maximum atomic E-state index is 6.51. The Hall–Kier alpha value is -4.99. The van der Waals surface area contributed by atoms with E-state index in [4.69, 9.17) is 9.72 Å². The molecule has 0 N–H and O–H groups in total. The smallest absolute Gasteiger partial charge is 0.268 e. The molecule has 6 heteroatoms. The summed E-state index contributed by atoms with van der Waals surface area (Å²) < 4.78 is 13.0. The molecule has 0 aliphatic carbocycles. The summed E-state index contributed by atoms with van der Waals surface area (Å²) in [6.45, 7) is 11.3. The maximum Gasteiger partial charge on any atom is 0.268 e. The van der Waals surface area contributed by atoms with Crippen molar-refractivity contribution in [1.82, 2.24) is 14.1 Å². The number of benzene rings is 5. The number of hydrogen-bond donors (Lipinski definition) is 0. The molecule has 0 saturated carbocycles. The van der Waals surface area contributed by atoms with Gasteiger partial charge in [0.2, 0.25) is 0 Å². The van der Waals surface area contributed by atoms with E-state index in [9.17, 15) is 0 Å². The van der Waals surface area contributed by atoms with Crippen molar-refractivity contribution in [3.8, 4) is 28.7 Å².